The van der Waals surface area contributed by atoms with Crippen molar-refractivity contribution in [1.82, 2.24) is 14.7 Å². The van der Waals surface area contributed by atoms with Crippen molar-refractivity contribution in [2.24, 2.45) is 0 Å². The summed E-state index contributed by atoms with van der Waals surface area (Å²) in [5.74, 6) is -0.0559. The maximum absolute atomic E-state index is 12.3. The summed E-state index contributed by atoms with van der Waals surface area (Å²) in [6, 6.07) is 7.27. The Labute approximate surface area is 131 Å². The van der Waals surface area contributed by atoms with E-state index in [0.717, 1.165) is 11.0 Å². The summed E-state index contributed by atoms with van der Waals surface area (Å²) >= 11 is 9.46. The molecular formula is C14H15BrClN3O. The lowest BCUT2D eigenvalue weighted by atomic mass is 10.2. The Bertz CT molecular complexity index is 609. The second-order valence-corrected chi connectivity index (χ2v) is 5.77. The van der Waals surface area contributed by atoms with Gasteiger partial charge in [-0.3, -0.25) is 9.48 Å². The molecule has 0 N–H and O–H groups in total. The van der Waals surface area contributed by atoms with Gasteiger partial charge in [-0.1, -0.05) is 27.5 Å². The molecule has 1 aromatic heterocycles. The molecule has 1 amide bonds. The van der Waals surface area contributed by atoms with Crippen LogP contribution in [-0.4, -0.2) is 27.6 Å². The Morgan fingerprint density at radius 1 is 1.40 bits per heavy atom. The summed E-state index contributed by atoms with van der Waals surface area (Å²) in [5, 5.41) is 4.93. The summed E-state index contributed by atoms with van der Waals surface area (Å²) in [4.78, 5) is 13.9. The predicted octanol–water partition coefficient (Wildman–Crippen LogP) is 3.59. The molecule has 1 aromatic carbocycles. The fraction of sp³-hybridized carbons (Fsp3) is 0.286. The molecule has 0 aliphatic carbocycles. The van der Waals surface area contributed by atoms with Gasteiger partial charge in [-0.25, -0.2) is 0 Å². The minimum absolute atomic E-state index is 0.0559. The third-order valence-corrected chi connectivity index (χ3v) is 3.78. The minimum atomic E-state index is -0.0559. The number of nitrogens with zero attached hydrogens (tertiary/aromatic N) is 3. The Morgan fingerprint density at radius 3 is 2.60 bits per heavy atom. The van der Waals surface area contributed by atoms with Crippen molar-refractivity contribution in [2.45, 2.75) is 20.0 Å². The van der Waals surface area contributed by atoms with E-state index in [1.165, 1.54) is 0 Å². The Kier molecular flexibility index (Phi) is 4.83. The van der Waals surface area contributed by atoms with Crippen molar-refractivity contribution in [2.75, 3.05) is 7.05 Å². The molecule has 106 valence electrons. The quantitative estimate of drug-likeness (QED) is 0.839. The van der Waals surface area contributed by atoms with Gasteiger partial charge >= 0.3 is 0 Å². The first kappa shape index (κ1) is 15.1. The van der Waals surface area contributed by atoms with Crippen molar-refractivity contribution < 1.29 is 4.79 Å². The number of amides is 1. The molecule has 0 unspecified atom stereocenters. The van der Waals surface area contributed by atoms with Crippen molar-refractivity contribution in [3.05, 3.63) is 51.2 Å². The molecule has 0 atom stereocenters. The molecule has 0 aliphatic heterocycles. The summed E-state index contributed by atoms with van der Waals surface area (Å²) < 4.78 is 2.71. The molecule has 4 nitrogen and oxygen atoms in total. The van der Waals surface area contributed by atoms with E-state index in [1.54, 1.807) is 35.0 Å². The lowest BCUT2D eigenvalue weighted by Gasteiger charge is -2.16. The summed E-state index contributed by atoms with van der Waals surface area (Å²) in [7, 11) is 1.74. The first-order valence-corrected chi connectivity index (χ1v) is 7.41. The first-order valence-electron chi connectivity index (χ1n) is 6.24. The molecule has 20 heavy (non-hydrogen) atoms. The number of rotatable bonds is 4. The molecule has 0 fully saturated rings. The van der Waals surface area contributed by atoms with Crippen LogP contribution < -0.4 is 0 Å². The standard InChI is InChI=1S/C14H15BrClN3O/c1-3-19-8-12(16)13(17-19)9-18(2)14(20)10-4-6-11(15)7-5-10/h4-8H,3,9H2,1-2H3. The summed E-state index contributed by atoms with van der Waals surface area (Å²) in [5.41, 5.74) is 1.35. The van der Waals surface area contributed by atoms with Crippen LogP contribution in [0.4, 0.5) is 0 Å². The van der Waals surface area contributed by atoms with E-state index in [2.05, 4.69) is 21.0 Å². The number of aryl methyl sites for hydroxylation is 1. The van der Waals surface area contributed by atoms with Crippen LogP contribution >= 0.6 is 27.5 Å². The average molecular weight is 357 g/mol. The van der Waals surface area contributed by atoms with Crippen LogP contribution in [0.5, 0.6) is 0 Å². The van der Waals surface area contributed by atoms with Crippen molar-refractivity contribution in [3.8, 4) is 0 Å². The smallest absolute Gasteiger partial charge is 0.253 e. The number of carbonyl (C=O) groups is 1. The molecule has 2 rings (SSSR count). The van der Waals surface area contributed by atoms with E-state index in [-0.39, 0.29) is 5.91 Å². The molecule has 0 saturated carbocycles. The van der Waals surface area contributed by atoms with Crippen LogP contribution in [-0.2, 0) is 13.1 Å². The highest BCUT2D eigenvalue weighted by molar-refractivity contribution is 9.10. The SMILES string of the molecule is CCn1cc(Cl)c(CN(C)C(=O)c2ccc(Br)cc2)n1. The zero-order valence-corrected chi connectivity index (χ0v) is 13.6. The lowest BCUT2D eigenvalue weighted by molar-refractivity contribution is 0.0783. The van der Waals surface area contributed by atoms with Gasteiger partial charge in [0.1, 0.15) is 5.69 Å². The Hall–Kier alpha value is -1.33. The fourth-order valence-electron chi connectivity index (χ4n) is 1.82. The van der Waals surface area contributed by atoms with Crippen LogP contribution in [0.2, 0.25) is 5.02 Å². The highest BCUT2D eigenvalue weighted by Gasteiger charge is 2.15. The highest BCUT2D eigenvalue weighted by atomic mass is 79.9. The second kappa shape index (κ2) is 6.41. The molecule has 0 aliphatic rings. The molecule has 0 spiro atoms. The fourth-order valence-corrected chi connectivity index (χ4v) is 2.29. The van der Waals surface area contributed by atoms with E-state index in [4.69, 9.17) is 11.6 Å². The zero-order chi connectivity index (χ0) is 14.7. The third kappa shape index (κ3) is 3.41. The van der Waals surface area contributed by atoms with Crippen molar-refractivity contribution in [3.63, 3.8) is 0 Å². The second-order valence-electron chi connectivity index (χ2n) is 4.45. The van der Waals surface area contributed by atoms with Crippen molar-refractivity contribution >= 4 is 33.4 Å². The van der Waals surface area contributed by atoms with E-state index >= 15 is 0 Å². The minimum Gasteiger partial charge on any atom is -0.336 e. The van der Waals surface area contributed by atoms with Crippen molar-refractivity contribution in [1.29, 1.82) is 0 Å². The molecule has 2 aromatic rings. The number of hydrogen-bond acceptors (Lipinski definition) is 2. The molecule has 0 saturated heterocycles. The van der Waals surface area contributed by atoms with Gasteiger partial charge in [0.05, 0.1) is 11.6 Å². The van der Waals surface area contributed by atoms with Gasteiger partial charge in [-0.05, 0) is 31.2 Å². The Balaban J connectivity index is 2.10. The van der Waals surface area contributed by atoms with Gasteiger partial charge in [0, 0.05) is 29.8 Å². The van der Waals surface area contributed by atoms with Crippen LogP contribution in [0, 0.1) is 0 Å². The van der Waals surface area contributed by atoms with E-state index in [1.807, 2.05) is 19.1 Å². The van der Waals surface area contributed by atoms with Crippen LogP contribution in [0.15, 0.2) is 34.9 Å². The van der Waals surface area contributed by atoms with Gasteiger partial charge in [-0.15, -0.1) is 0 Å². The lowest BCUT2D eigenvalue weighted by Crippen LogP contribution is -2.26. The molecule has 0 bridgehead atoms. The topological polar surface area (TPSA) is 38.1 Å². The third-order valence-electron chi connectivity index (χ3n) is 2.94. The number of aromatic nitrogens is 2. The van der Waals surface area contributed by atoms with Gasteiger partial charge in [0.2, 0.25) is 0 Å². The molecule has 6 heteroatoms. The van der Waals surface area contributed by atoms with Crippen LogP contribution in [0.1, 0.15) is 23.0 Å². The number of benzene rings is 1. The maximum atomic E-state index is 12.3. The Morgan fingerprint density at radius 2 is 2.05 bits per heavy atom. The van der Waals surface area contributed by atoms with E-state index < -0.39 is 0 Å². The zero-order valence-electron chi connectivity index (χ0n) is 11.3. The van der Waals surface area contributed by atoms with Crippen LogP contribution in [0.3, 0.4) is 0 Å². The normalized spacial score (nSPS) is 10.6. The summed E-state index contributed by atoms with van der Waals surface area (Å²) in [6.45, 7) is 3.13. The molecule has 0 radical (unpaired) electrons. The average Bonchev–Trinajstić information content (AvgIpc) is 2.79. The predicted molar refractivity (Wildman–Crippen MR) is 82.9 cm³/mol. The largest absolute Gasteiger partial charge is 0.336 e. The van der Waals surface area contributed by atoms with Crippen LogP contribution in [0.25, 0.3) is 0 Å². The first-order chi connectivity index (χ1) is 9.51. The monoisotopic (exact) mass is 355 g/mol. The highest BCUT2D eigenvalue weighted by Crippen LogP contribution is 2.17. The number of carbonyl (C=O) groups excluding carboxylic acids is 1. The summed E-state index contributed by atoms with van der Waals surface area (Å²) in [6.07, 6.45) is 1.77. The number of halogens is 2. The van der Waals surface area contributed by atoms with Gasteiger partial charge in [0.25, 0.3) is 5.91 Å². The van der Waals surface area contributed by atoms with Gasteiger partial charge < -0.3 is 4.90 Å². The van der Waals surface area contributed by atoms with Gasteiger partial charge in [-0.2, -0.15) is 5.10 Å². The van der Waals surface area contributed by atoms with Gasteiger partial charge in [0.15, 0.2) is 0 Å². The molecular weight excluding hydrogens is 342 g/mol. The maximum Gasteiger partial charge on any atom is 0.253 e. The van der Waals surface area contributed by atoms with E-state index in [0.29, 0.717) is 22.8 Å². The number of hydrogen-bond donors (Lipinski definition) is 0. The molecule has 1 heterocycles. The van der Waals surface area contributed by atoms with E-state index in [9.17, 15) is 4.79 Å².